The van der Waals surface area contributed by atoms with Gasteiger partial charge < -0.3 is 33.5 Å². The number of aromatic nitrogens is 1. The number of methoxy groups -OCH3 is 1. The van der Waals surface area contributed by atoms with Crippen molar-refractivity contribution in [3.05, 3.63) is 17.1 Å². The molecule has 0 aliphatic carbocycles. The Kier molecular flexibility index (Phi) is 10.2. The van der Waals surface area contributed by atoms with E-state index in [9.17, 15) is 4.79 Å². The van der Waals surface area contributed by atoms with Crippen molar-refractivity contribution in [2.45, 2.75) is 64.9 Å². The Morgan fingerprint density at radius 1 is 1.19 bits per heavy atom. The number of fused-ring (bicyclic) bond motifs is 1. The zero-order chi connectivity index (χ0) is 26.2. The molecule has 3 rings (SSSR count). The summed E-state index contributed by atoms with van der Waals surface area (Å²) < 4.78 is 30.3. The van der Waals surface area contributed by atoms with Crippen molar-refractivity contribution in [3.8, 4) is 11.5 Å². The Morgan fingerprint density at radius 2 is 2.00 bits per heavy atom. The van der Waals surface area contributed by atoms with E-state index < -0.39 is 11.7 Å². The number of carbonyl (C=O) groups excluding carboxylic acids is 1. The molecule has 1 aliphatic heterocycles. The second-order valence-electron chi connectivity index (χ2n) is 10.7. The molecule has 1 unspecified atom stereocenters. The highest BCUT2D eigenvalue weighted by Crippen LogP contribution is 2.35. The van der Waals surface area contributed by atoms with Crippen molar-refractivity contribution < 1.29 is 33.0 Å². The summed E-state index contributed by atoms with van der Waals surface area (Å²) in [5.74, 6) is 1.34. The van der Waals surface area contributed by atoms with Crippen LogP contribution in [0, 0.1) is 0 Å². The molecular formula is C26H42N3O6S+. The van der Waals surface area contributed by atoms with E-state index in [1.54, 1.807) is 7.11 Å². The minimum atomic E-state index is -0.539. The van der Waals surface area contributed by atoms with Crippen LogP contribution in [0.15, 0.2) is 12.1 Å². The minimum Gasteiger partial charge on any atom is -0.493 e. The molecule has 1 aliphatic rings. The Hall–Kier alpha value is -2.14. The van der Waals surface area contributed by atoms with Crippen LogP contribution in [-0.2, 0) is 20.8 Å². The van der Waals surface area contributed by atoms with Crippen LogP contribution in [0.2, 0.25) is 0 Å². The van der Waals surface area contributed by atoms with Crippen LogP contribution >= 0.6 is 11.3 Å². The number of nitrogens with zero attached hydrogens (tertiary/aromatic N) is 2. The van der Waals surface area contributed by atoms with E-state index in [2.05, 4.69) is 24.4 Å². The van der Waals surface area contributed by atoms with Crippen LogP contribution in [0.25, 0.3) is 10.2 Å². The fourth-order valence-electron chi connectivity index (χ4n) is 3.85. The monoisotopic (exact) mass is 524 g/mol. The SMILES string of the molecule is COc1cc2sc(CNC(=O)OC(C)(C)C)nc2cc1OCCC[N+](C)(C)CCOC1CCCCO1. The van der Waals surface area contributed by atoms with Crippen LogP contribution in [-0.4, -0.2) is 81.6 Å². The number of hydrogen-bond donors (Lipinski definition) is 1. The number of nitrogens with one attached hydrogen (secondary N) is 1. The third-order valence-electron chi connectivity index (χ3n) is 5.80. The van der Waals surface area contributed by atoms with Crippen molar-refractivity contribution in [1.82, 2.24) is 10.3 Å². The summed E-state index contributed by atoms with van der Waals surface area (Å²) in [6.07, 6.45) is 3.71. The Balaban J connectivity index is 1.47. The van der Waals surface area contributed by atoms with Gasteiger partial charge in [0.05, 0.1) is 57.7 Å². The van der Waals surface area contributed by atoms with Gasteiger partial charge in [0.2, 0.25) is 0 Å². The van der Waals surface area contributed by atoms with Gasteiger partial charge in [0.25, 0.3) is 0 Å². The van der Waals surface area contributed by atoms with E-state index in [1.165, 1.54) is 17.8 Å². The number of carbonyl (C=O) groups is 1. The molecule has 0 spiro atoms. The largest absolute Gasteiger partial charge is 0.493 e. The maximum atomic E-state index is 11.9. The average molecular weight is 525 g/mol. The first kappa shape index (κ1) is 28.4. The van der Waals surface area contributed by atoms with E-state index in [0.717, 1.165) is 58.7 Å². The third kappa shape index (κ3) is 9.38. The summed E-state index contributed by atoms with van der Waals surface area (Å²) in [4.78, 5) is 16.6. The van der Waals surface area contributed by atoms with Gasteiger partial charge in [-0.05, 0) is 40.0 Å². The lowest BCUT2D eigenvalue weighted by Gasteiger charge is -2.31. The number of amides is 1. The highest BCUT2D eigenvalue weighted by atomic mass is 32.1. The summed E-state index contributed by atoms with van der Waals surface area (Å²) in [6.45, 7) is 9.77. The molecule has 1 aromatic heterocycles. The highest BCUT2D eigenvalue weighted by Gasteiger charge is 2.20. The number of benzene rings is 1. The Morgan fingerprint density at radius 3 is 2.69 bits per heavy atom. The zero-order valence-electron chi connectivity index (χ0n) is 22.6. The average Bonchev–Trinajstić information content (AvgIpc) is 3.21. The molecule has 1 saturated heterocycles. The van der Waals surface area contributed by atoms with Gasteiger partial charge in [-0.25, -0.2) is 9.78 Å². The van der Waals surface area contributed by atoms with E-state index in [0.29, 0.717) is 31.3 Å². The molecule has 1 atom stereocenters. The van der Waals surface area contributed by atoms with E-state index in [-0.39, 0.29) is 6.29 Å². The molecule has 2 aromatic rings. The van der Waals surface area contributed by atoms with E-state index in [4.69, 9.17) is 23.7 Å². The van der Waals surface area contributed by atoms with Gasteiger partial charge >= 0.3 is 6.09 Å². The molecule has 9 nitrogen and oxygen atoms in total. The van der Waals surface area contributed by atoms with Crippen LogP contribution in [0.3, 0.4) is 0 Å². The number of thiazole rings is 1. The van der Waals surface area contributed by atoms with Gasteiger partial charge in [0, 0.05) is 25.2 Å². The lowest BCUT2D eigenvalue weighted by molar-refractivity contribution is -0.891. The second kappa shape index (κ2) is 12.9. The number of hydrogen-bond acceptors (Lipinski definition) is 8. The first-order valence-corrected chi connectivity index (χ1v) is 13.5. The predicted molar refractivity (Wildman–Crippen MR) is 141 cm³/mol. The van der Waals surface area contributed by atoms with Crippen LogP contribution < -0.4 is 14.8 Å². The van der Waals surface area contributed by atoms with Gasteiger partial charge in [-0.15, -0.1) is 11.3 Å². The van der Waals surface area contributed by atoms with Crippen molar-refractivity contribution in [1.29, 1.82) is 0 Å². The summed E-state index contributed by atoms with van der Waals surface area (Å²) in [5, 5.41) is 3.54. The molecule has 1 fully saturated rings. The lowest BCUT2D eigenvalue weighted by Crippen LogP contribution is -2.44. The molecule has 2 heterocycles. The Bertz CT molecular complexity index is 982. The standard InChI is InChI=1S/C26H41N3O6S/c1-26(2,3)35-25(30)27-18-23-28-19-16-21(20(31-6)17-22(19)36-23)32-14-9-11-29(4,5)12-15-34-24-10-7-8-13-33-24/h16-17,24H,7-15,18H2,1-6H3/p+1. The molecule has 0 radical (unpaired) electrons. The fourth-order valence-corrected chi connectivity index (χ4v) is 4.77. The number of ether oxygens (including phenoxy) is 5. The van der Waals surface area contributed by atoms with Gasteiger partial charge in [-0.3, -0.25) is 0 Å². The maximum Gasteiger partial charge on any atom is 0.408 e. The fraction of sp³-hybridized carbons (Fsp3) is 0.692. The quantitative estimate of drug-likeness (QED) is 0.318. The first-order chi connectivity index (χ1) is 17.0. The van der Waals surface area contributed by atoms with Crippen LogP contribution in [0.1, 0.15) is 51.5 Å². The molecule has 36 heavy (non-hydrogen) atoms. The zero-order valence-corrected chi connectivity index (χ0v) is 23.4. The molecule has 202 valence electrons. The Labute approximate surface area is 218 Å². The lowest BCUT2D eigenvalue weighted by atomic mass is 10.2. The predicted octanol–water partition coefficient (Wildman–Crippen LogP) is 4.72. The minimum absolute atomic E-state index is 0.0382. The summed E-state index contributed by atoms with van der Waals surface area (Å²) >= 11 is 1.50. The van der Waals surface area contributed by atoms with Crippen molar-refractivity contribution in [2.24, 2.45) is 0 Å². The number of quaternary nitrogens is 1. The van der Waals surface area contributed by atoms with Gasteiger partial charge in [0.15, 0.2) is 17.8 Å². The topological polar surface area (TPSA) is 88.1 Å². The van der Waals surface area contributed by atoms with Crippen LogP contribution in [0.4, 0.5) is 4.79 Å². The molecule has 1 amide bonds. The normalized spacial score (nSPS) is 16.7. The second-order valence-corrected chi connectivity index (χ2v) is 11.8. The van der Waals surface area contributed by atoms with Crippen molar-refractivity contribution >= 4 is 27.6 Å². The summed E-state index contributed by atoms with van der Waals surface area (Å²) in [5.41, 5.74) is 0.276. The first-order valence-electron chi connectivity index (χ1n) is 12.7. The van der Waals surface area contributed by atoms with Crippen molar-refractivity contribution in [2.75, 3.05) is 54.1 Å². The molecule has 1 aromatic carbocycles. The molecule has 0 saturated carbocycles. The smallest absolute Gasteiger partial charge is 0.408 e. The third-order valence-corrected chi connectivity index (χ3v) is 6.82. The maximum absolute atomic E-state index is 11.9. The number of likely N-dealkylation sites (N-methyl/N-ethyl adjacent to an activating group) is 1. The van der Waals surface area contributed by atoms with Crippen molar-refractivity contribution in [3.63, 3.8) is 0 Å². The summed E-state index contributed by atoms with van der Waals surface area (Å²) in [6, 6.07) is 3.84. The molecule has 0 bridgehead atoms. The van der Waals surface area contributed by atoms with Crippen LogP contribution in [0.5, 0.6) is 11.5 Å². The van der Waals surface area contributed by atoms with E-state index >= 15 is 0 Å². The van der Waals surface area contributed by atoms with Gasteiger partial charge in [-0.1, -0.05) is 0 Å². The molecular weight excluding hydrogens is 482 g/mol. The number of rotatable bonds is 12. The van der Waals surface area contributed by atoms with E-state index in [1.807, 2.05) is 32.9 Å². The number of alkyl carbamates (subject to hydrolysis) is 1. The molecule has 10 heteroatoms. The van der Waals surface area contributed by atoms with Gasteiger partial charge in [0.1, 0.15) is 17.2 Å². The molecule has 1 N–H and O–H groups in total. The van der Waals surface area contributed by atoms with Gasteiger partial charge in [-0.2, -0.15) is 0 Å². The highest BCUT2D eigenvalue weighted by molar-refractivity contribution is 7.18. The summed E-state index contributed by atoms with van der Waals surface area (Å²) in [7, 11) is 6.05.